The van der Waals surface area contributed by atoms with Crippen LogP contribution in [0.25, 0.3) is 0 Å². The maximum Gasteiger partial charge on any atom is 0.128 e. The molecule has 1 aliphatic rings. The van der Waals surface area contributed by atoms with Crippen LogP contribution < -0.4 is 0 Å². The van der Waals surface area contributed by atoms with Gasteiger partial charge in [0.1, 0.15) is 5.82 Å². The van der Waals surface area contributed by atoms with Gasteiger partial charge in [-0.2, -0.15) is 0 Å². The number of hydrogen-bond donors (Lipinski definition) is 0. The molecule has 3 heteroatoms. The lowest BCUT2D eigenvalue weighted by Gasteiger charge is -2.33. The molecule has 0 radical (unpaired) electrons. The molecule has 2 rings (SSSR count). The zero-order chi connectivity index (χ0) is 13.0. The summed E-state index contributed by atoms with van der Waals surface area (Å²) in [5, 5.41) is 0. The Labute approximate surface area is 108 Å². The van der Waals surface area contributed by atoms with Crippen molar-refractivity contribution >= 4 is 0 Å². The molecule has 0 aliphatic heterocycles. The van der Waals surface area contributed by atoms with Crippen LogP contribution in [0.2, 0.25) is 0 Å². The highest BCUT2D eigenvalue weighted by atomic mass is 19.1. The minimum atomic E-state index is -0.199. The Morgan fingerprint density at radius 3 is 2.83 bits per heavy atom. The molecule has 1 aromatic rings. The number of ether oxygens (including phenoxy) is 2. The number of rotatable bonds is 5. The summed E-state index contributed by atoms with van der Waals surface area (Å²) < 4.78 is 25.1. The molecule has 1 aromatic carbocycles. The average Bonchev–Trinajstić information content (AvgIpc) is 2.81. The van der Waals surface area contributed by atoms with Gasteiger partial charge in [-0.15, -0.1) is 0 Å². The largest absolute Gasteiger partial charge is 0.376 e. The van der Waals surface area contributed by atoms with E-state index in [4.69, 9.17) is 9.47 Å². The molecule has 100 valence electrons. The summed E-state index contributed by atoms with van der Waals surface area (Å²) in [6.07, 6.45) is 4.15. The van der Waals surface area contributed by atoms with Gasteiger partial charge in [0.05, 0.1) is 18.3 Å². The summed E-state index contributed by atoms with van der Waals surface area (Å²) in [6, 6.07) is 6.77. The van der Waals surface area contributed by atoms with E-state index in [1.165, 1.54) is 6.07 Å². The first-order valence-electron chi connectivity index (χ1n) is 6.62. The third kappa shape index (κ3) is 2.57. The topological polar surface area (TPSA) is 18.5 Å². The third-order valence-electron chi connectivity index (χ3n) is 4.06. The van der Waals surface area contributed by atoms with Crippen molar-refractivity contribution in [3.8, 4) is 0 Å². The molecule has 1 aliphatic carbocycles. The highest BCUT2D eigenvalue weighted by molar-refractivity contribution is 5.16. The van der Waals surface area contributed by atoms with Crippen LogP contribution in [0.15, 0.2) is 24.3 Å². The van der Waals surface area contributed by atoms with Crippen molar-refractivity contribution in [3.63, 3.8) is 0 Å². The predicted molar refractivity (Wildman–Crippen MR) is 68.9 cm³/mol. The molecule has 0 amide bonds. The first kappa shape index (κ1) is 13.5. The monoisotopic (exact) mass is 252 g/mol. The van der Waals surface area contributed by atoms with Gasteiger partial charge in [0.25, 0.3) is 0 Å². The zero-order valence-electron chi connectivity index (χ0n) is 11.1. The van der Waals surface area contributed by atoms with Gasteiger partial charge in [0.2, 0.25) is 0 Å². The minimum absolute atomic E-state index is 0.0760. The smallest absolute Gasteiger partial charge is 0.128 e. The van der Waals surface area contributed by atoms with Crippen LogP contribution in [0.5, 0.6) is 0 Å². The minimum Gasteiger partial charge on any atom is -0.376 e. The molecule has 0 bridgehead atoms. The van der Waals surface area contributed by atoms with Crippen molar-refractivity contribution in [2.24, 2.45) is 0 Å². The van der Waals surface area contributed by atoms with Gasteiger partial charge in [-0.25, -0.2) is 4.39 Å². The van der Waals surface area contributed by atoms with Crippen LogP contribution >= 0.6 is 0 Å². The zero-order valence-corrected chi connectivity index (χ0v) is 11.1. The summed E-state index contributed by atoms with van der Waals surface area (Å²) in [5.41, 5.74) is 0.441. The van der Waals surface area contributed by atoms with Crippen molar-refractivity contribution in [1.82, 2.24) is 0 Å². The predicted octanol–water partition coefficient (Wildman–Crippen LogP) is 3.69. The summed E-state index contributed by atoms with van der Waals surface area (Å²) in [5.74, 6) is -0.199. The fraction of sp³-hybridized carbons (Fsp3) is 0.600. The maximum atomic E-state index is 13.5. The first-order chi connectivity index (χ1) is 8.72. The van der Waals surface area contributed by atoms with Gasteiger partial charge >= 0.3 is 0 Å². The van der Waals surface area contributed by atoms with E-state index in [9.17, 15) is 4.39 Å². The Hall–Kier alpha value is -0.930. The summed E-state index contributed by atoms with van der Waals surface area (Å²) in [6.45, 7) is 2.44. The van der Waals surface area contributed by atoms with Crippen molar-refractivity contribution in [1.29, 1.82) is 0 Å². The molecular formula is C15H21FO2. The number of benzene rings is 1. The van der Waals surface area contributed by atoms with Crippen LogP contribution in [-0.4, -0.2) is 18.8 Å². The van der Waals surface area contributed by atoms with E-state index in [2.05, 4.69) is 6.92 Å². The molecule has 2 atom stereocenters. The van der Waals surface area contributed by atoms with E-state index >= 15 is 0 Å². The van der Waals surface area contributed by atoms with Gasteiger partial charge in [0, 0.05) is 12.7 Å². The summed E-state index contributed by atoms with van der Waals surface area (Å²) in [4.78, 5) is 0. The van der Waals surface area contributed by atoms with Crippen molar-refractivity contribution in [2.75, 3.05) is 7.11 Å². The van der Waals surface area contributed by atoms with E-state index in [0.717, 1.165) is 25.7 Å². The molecular weight excluding hydrogens is 231 g/mol. The van der Waals surface area contributed by atoms with Gasteiger partial charge < -0.3 is 9.47 Å². The van der Waals surface area contributed by atoms with Gasteiger partial charge in [-0.05, 0) is 31.7 Å². The summed E-state index contributed by atoms with van der Waals surface area (Å²) in [7, 11) is 1.74. The summed E-state index contributed by atoms with van der Waals surface area (Å²) >= 11 is 0. The number of methoxy groups -OCH3 is 1. The van der Waals surface area contributed by atoms with Crippen LogP contribution in [0, 0.1) is 5.82 Å². The maximum absolute atomic E-state index is 13.5. The van der Waals surface area contributed by atoms with E-state index in [-0.39, 0.29) is 17.5 Å². The highest BCUT2D eigenvalue weighted by Gasteiger charge is 2.42. The molecule has 0 spiro atoms. The molecule has 2 unspecified atom stereocenters. The number of halogens is 1. The SMILES string of the molecule is CCC1(OC)CCCC1OCc1ccccc1F. The lowest BCUT2D eigenvalue weighted by molar-refractivity contribution is -0.119. The Morgan fingerprint density at radius 2 is 2.17 bits per heavy atom. The fourth-order valence-corrected chi connectivity index (χ4v) is 2.83. The Kier molecular flexibility index (Phi) is 4.36. The van der Waals surface area contributed by atoms with Crippen LogP contribution in [0.3, 0.4) is 0 Å². The molecule has 1 fully saturated rings. The Morgan fingerprint density at radius 1 is 1.39 bits per heavy atom. The quantitative estimate of drug-likeness (QED) is 0.795. The van der Waals surface area contributed by atoms with Crippen LogP contribution in [-0.2, 0) is 16.1 Å². The van der Waals surface area contributed by atoms with E-state index in [1.54, 1.807) is 19.2 Å². The fourth-order valence-electron chi connectivity index (χ4n) is 2.83. The van der Waals surface area contributed by atoms with E-state index < -0.39 is 0 Å². The average molecular weight is 252 g/mol. The second-order valence-corrected chi connectivity index (χ2v) is 4.91. The van der Waals surface area contributed by atoms with E-state index in [0.29, 0.717) is 12.2 Å². The van der Waals surface area contributed by atoms with Gasteiger partial charge in [-0.3, -0.25) is 0 Å². The third-order valence-corrected chi connectivity index (χ3v) is 4.06. The molecule has 0 heterocycles. The van der Waals surface area contributed by atoms with Crippen LogP contribution in [0.4, 0.5) is 4.39 Å². The molecule has 0 N–H and O–H groups in total. The standard InChI is InChI=1S/C15H21FO2/c1-3-15(17-2)10-6-9-14(15)18-11-12-7-4-5-8-13(12)16/h4-5,7-8,14H,3,6,9-11H2,1-2H3. The second-order valence-electron chi connectivity index (χ2n) is 4.91. The van der Waals surface area contributed by atoms with Crippen molar-refractivity contribution in [3.05, 3.63) is 35.6 Å². The Balaban J connectivity index is 2.00. The molecule has 18 heavy (non-hydrogen) atoms. The molecule has 0 saturated heterocycles. The molecule has 2 nitrogen and oxygen atoms in total. The molecule has 1 saturated carbocycles. The lowest BCUT2D eigenvalue weighted by Crippen LogP contribution is -2.40. The van der Waals surface area contributed by atoms with Crippen molar-refractivity contribution < 1.29 is 13.9 Å². The van der Waals surface area contributed by atoms with Gasteiger partial charge in [0.15, 0.2) is 0 Å². The van der Waals surface area contributed by atoms with Crippen molar-refractivity contribution in [2.45, 2.75) is 50.9 Å². The molecule has 0 aromatic heterocycles. The van der Waals surface area contributed by atoms with Gasteiger partial charge in [-0.1, -0.05) is 25.1 Å². The Bertz CT molecular complexity index is 388. The normalized spacial score (nSPS) is 27.6. The first-order valence-corrected chi connectivity index (χ1v) is 6.62. The lowest BCUT2D eigenvalue weighted by atomic mass is 9.96. The second kappa shape index (κ2) is 5.81. The van der Waals surface area contributed by atoms with E-state index in [1.807, 2.05) is 6.07 Å². The van der Waals surface area contributed by atoms with Crippen LogP contribution in [0.1, 0.15) is 38.2 Å². The number of hydrogen-bond acceptors (Lipinski definition) is 2. The highest BCUT2D eigenvalue weighted by Crippen LogP contribution is 2.38.